The first-order valence-corrected chi connectivity index (χ1v) is 23.1. The first kappa shape index (κ1) is 43.5. The van der Waals surface area contributed by atoms with Crippen LogP contribution in [-0.2, 0) is 26.0 Å². The summed E-state index contributed by atoms with van der Waals surface area (Å²) in [5.41, 5.74) is 1.02. The zero-order valence-electron chi connectivity index (χ0n) is 33.9. The number of halogens is 5. The Morgan fingerprint density at radius 2 is 1.51 bits per heavy atom. The molecule has 4 amide bonds. The van der Waals surface area contributed by atoms with Crippen LogP contribution < -0.4 is 14.9 Å². The Morgan fingerprint density at radius 3 is 2.21 bits per heavy atom. The lowest BCUT2D eigenvalue weighted by Crippen LogP contribution is -2.55. The van der Waals surface area contributed by atoms with E-state index in [2.05, 4.69) is 34.7 Å². The molecule has 3 N–H and O–H groups in total. The molecule has 63 heavy (non-hydrogen) atoms. The van der Waals surface area contributed by atoms with E-state index in [4.69, 9.17) is 23.2 Å². The molecule has 0 saturated carbocycles. The number of anilines is 2. The van der Waals surface area contributed by atoms with Crippen LogP contribution in [-0.4, -0.2) is 132 Å². The van der Waals surface area contributed by atoms with Crippen molar-refractivity contribution < 1.29 is 40.8 Å². The zero-order chi connectivity index (χ0) is 44.4. The number of carbonyl (C=O) groups is 4. The molecule has 15 nitrogen and oxygen atoms in total. The number of hydrogen-bond donors (Lipinski definition) is 3. The smallest absolute Gasteiger partial charge is 0.371 e. The van der Waals surface area contributed by atoms with Crippen LogP contribution in [0.25, 0.3) is 22.4 Å². The van der Waals surface area contributed by atoms with Crippen molar-refractivity contribution in [2.24, 2.45) is 5.92 Å². The van der Waals surface area contributed by atoms with E-state index in [1.165, 1.54) is 22.5 Å². The van der Waals surface area contributed by atoms with Crippen LogP contribution >= 0.6 is 23.2 Å². The second kappa shape index (κ2) is 17.0. The van der Waals surface area contributed by atoms with Gasteiger partial charge in [0, 0.05) is 74.5 Å². The number of nitrogens with one attached hydrogen (secondary N) is 3. The summed E-state index contributed by atoms with van der Waals surface area (Å²) < 4.78 is 71.8. The van der Waals surface area contributed by atoms with Gasteiger partial charge in [0.15, 0.2) is 0 Å². The molecule has 4 fully saturated rings. The molecule has 1 atom stereocenters. The van der Waals surface area contributed by atoms with Crippen molar-refractivity contribution in [3.63, 3.8) is 0 Å². The molecule has 1 unspecified atom stereocenters. The summed E-state index contributed by atoms with van der Waals surface area (Å²) in [6.45, 7) is 6.19. The number of likely N-dealkylation sites (tertiary alicyclic amines) is 1. The highest BCUT2D eigenvalue weighted by Gasteiger charge is 2.45. The van der Waals surface area contributed by atoms with Crippen LogP contribution in [0.15, 0.2) is 48.5 Å². The van der Waals surface area contributed by atoms with Crippen LogP contribution in [0.5, 0.6) is 0 Å². The average Bonchev–Trinajstić information content (AvgIpc) is 3.80. The molecule has 334 valence electrons. The van der Waals surface area contributed by atoms with Crippen LogP contribution in [0.3, 0.4) is 0 Å². The Labute approximate surface area is 371 Å². The number of imide groups is 2. The van der Waals surface area contributed by atoms with E-state index in [-0.39, 0.29) is 75.2 Å². The fraction of sp³-hybridized carbons (Fsp3) is 0.452. The number of imidazole rings is 1. The highest BCUT2D eigenvalue weighted by atomic mass is 35.5. The van der Waals surface area contributed by atoms with Gasteiger partial charge in [-0.2, -0.15) is 25.9 Å². The number of alkyl halides is 3. The number of benzene rings is 3. The van der Waals surface area contributed by atoms with Gasteiger partial charge in [-0.15, -0.1) is 0 Å². The lowest BCUT2D eigenvalue weighted by Gasteiger charge is -2.43. The first-order valence-electron chi connectivity index (χ1n) is 20.9. The Hall–Kier alpha value is -4.79. The molecule has 1 aromatic heterocycles. The van der Waals surface area contributed by atoms with E-state index in [9.17, 15) is 40.8 Å². The minimum absolute atomic E-state index is 0.0406. The maximum atomic E-state index is 13.7. The molecular weight excluding hydrogens is 886 g/mol. The van der Waals surface area contributed by atoms with Crippen molar-refractivity contribution in [1.29, 1.82) is 0 Å². The van der Waals surface area contributed by atoms with Crippen molar-refractivity contribution in [2.75, 3.05) is 68.5 Å². The minimum atomic E-state index is -4.62. The monoisotopic (exact) mass is 929 g/mol. The molecule has 3 aromatic carbocycles. The van der Waals surface area contributed by atoms with E-state index < -0.39 is 51.6 Å². The molecular formula is C42H44Cl2F3N9O6S. The molecule has 21 heteroatoms. The van der Waals surface area contributed by atoms with Gasteiger partial charge in [-0.3, -0.25) is 39.0 Å². The quantitative estimate of drug-likeness (QED) is 0.179. The van der Waals surface area contributed by atoms with E-state index in [1.807, 2.05) is 6.07 Å². The van der Waals surface area contributed by atoms with Gasteiger partial charge in [0.25, 0.3) is 11.8 Å². The number of piperazine rings is 1. The van der Waals surface area contributed by atoms with Crippen LogP contribution in [0.2, 0.25) is 10.0 Å². The highest BCUT2D eigenvalue weighted by Crippen LogP contribution is 2.38. The first-order chi connectivity index (χ1) is 30.0. The normalized spacial score (nSPS) is 21.7. The Bertz CT molecular complexity index is 2610. The van der Waals surface area contributed by atoms with Gasteiger partial charge in [0.1, 0.15) is 17.4 Å². The number of aromatic nitrogens is 2. The van der Waals surface area contributed by atoms with Crippen molar-refractivity contribution >= 4 is 79.4 Å². The summed E-state index contributed by atoms with van der Waals surface area (Å²) in [4.78, 5) is 65.9. The van der Waals surface area contributed by atoms with Crippen LogP contribution in [0.1, 0.15) is 64.8 Å². The van der Waals surface area contributed by atoms with Gasteiger partial charge >= 0.3 is 16.4 Å². The largest absolute Gasteiger partial charge is 0.416 e. The van der Waals surface area contributed by atoms with Gasteiger partial charge in [0.05, 0.1) is 32.9 Å². The number of amides is 4. The number of hydrogen-bond acceptors (Lipinski definition) is 10. The molecule has 4 aromatic rings. The summed E-state index contributed by atoms with van der Waals surface area (Å²) in [7, 11) is -4.03. The highest BCUT2D eigenvalue weighted by molar-refractivity contribution is 7.90. The second-order valence-corrected chi connectivity index (χ2v) is 19.3. The predicted molar refractivity (Wildman–Crippen MR) is 230 cm³/mol. The molecule has 0 aliphatic carbocycles. The number of rotatable bonds is 9. The number of H-pyrrole nitrogens is 1. The predicted octanol–water partition coefficient (Wildman–Crippen LogP) is 5.61. The van der Waals surface area contributed by atoms with Gasteiger partial charge in [-0.25, -0.2) is 4.98 Å². The van der Waals surface area contributed by atoms with Crippen LogP contribution in [0, 0.1) is 5.92 Å². The second-order valence-electron chi connectivity index (χ2n) is 16.8. The van der Waals surface area contributed by atoms with E-state index >= 15 is 0 Å². The Kier molecular flexibility index (Phi) is 11.7. The number of nitrogens with zero attached hydrogens (tertiary/aromatic N) is 6. The van der Waals surface area contributed by atoms with Crippen molar-refractivity contribution in [3.05, 3.63) is 75.3 Å². The van der Waals surface area contributed by atoms with Crippen molar-refractivity contribution in [2.45, 2.75) is 56.8 Å². The lowest BCUT2D eigenvalue weighted by molar-refractivity contribution is -0.138. The summed E-state index contributed by atoms with van der Waals surface area (Å²) >= 11 is 12.4. The number of carbonyl (C=O) groups excluding carboxylic acids is 4. The standard InChI is InChI=1S/C42H44Cl2F3N9O6S/c43-26-1-4-33(31(21-26)38-48-34-20-25(42(45,46)47)19-32(44)37(34)50-38)51-63(61,62)55-17-15-54(16-18-55)27-9-11-52(12-10-27)23-24-7-13-53(14-8-24)28-2-3-29-30(22-28)41(60)56(40(29)59)35-5-6-36(57)49-39(35)58/h1-4,19-22,24,27,35,51H,5-18,23H2,(H,48,50)(H,49,57,58). The molecule has 9 rings (SSSR count). The van der Waals surface area contributed by atoms with Gasteiger partial charge < -0.3 is 14.8 Å². The SMILES string of the molecule is O=C1CCC(N2C(=O)c3ccc(N4CCC(CN5CCC(N6CCN(S(=O)(=O)Nc7ccc(Cl)cc7-c7nc8c(Cl)cc(C(F)(F)F)cc8[nH]7)CC6)CC5)CC4)cc3C2=O)C(=O)N1. The maximum Gasteiger partial charge on any atom is 0.416 e. The number of aromatic amines is 1. The fourth-order valence-electron chi connectivity index (χ4n) is 9.54. The lowest BCUT2D eigenvalue weighted by atomic mass is 9.94. The molecule has 0 bridgehead atoms. The topological polar surface area (TPSA) is 171 Å². The molecule has 6 heterocycles. The summed E-state index contributed by atoms with van der Waals surface area (Å²) in [5.74, 6) is -1.46. The van der Waals surface area contributed by atoms with Gasteiger partial charge in [-0.05, 0) is 99.6 Å². The summed E-state index contributed by atoms with van der Waals surface area (Å²) in [5, 5.41) is 2.30. The third-order valence-corrected chi connectivity index (χ3v) is 15.0. The van der Waals surface area contributed by atoms with E-state index in [0.29, 0.717) is 25.0 Å². The average molecular weight is 931 g/mol. The molecule has 0 spiro atoms. The third kappa shape index (κ3) is 8.75. The summed E-state index contributed by atoms with van der Waals surface area (Å²) in [6, 6.07) is 10.8. The Balaban J connectivity index is 0.744. The van der Waals surface area contributed by atoms with E-state index in [0.717, 1.165) is 81.1 Å². The van der Waals surface area contributed by atoms with E-state index in [1.54, 1.807) is 12.1 Å². The van der Waals surface area contributed by atoms with Gasteiger partial charge in [-0.1, -0.05) is 23.2 Å². The molecule has 4 saturated heterocycles. The third-order valence-electron chi connectivity index (χ3n) is 12.9. The van der Waals surface area contributed by atoms with Gasteiger partial charge in [0.2, 0.25) is 11.8 Å². The fourth-order valence-corrected chi connectivity index (χ4v) is 11.2. The zero-order valence-corrected chi connectivity index (χ0v) is 36.2. The molecule has 5 aliphatic heterocycles. The molecule has 5 aliphatic rings. The minimum Gasteiger partial charge on any atom is -0.371 e. The van der Waals surface area contributed by atoms with Crippen molar-refractivity contribution in [1.82, 2.24) is 34.3 Å². The maximum absolute atomic E-state index is 13.7. The number of fused-ring (bicyclic) bond motifs is 2. The summed E-state index contributed by atoms with van der Waals surface area (Å²) in [6.07, 6.45) is -0.543. The number of piperidine rings is 3. The Morgan fingerprint density at radius 1 is 0.794 bits per heavy atom. The van der Waals surface area contributed by atoms with Crippen LogP contribution in [0.4, 0.5) is 24.5 Å². The molecule has 0 radical (unpaired) electrons. The van der Waals surface area contributed by atoms with Crippen molar-refractivity contribution in [3.8, 4) is 11.4 Å².